The normalized spacial score (nSPS) is 12.9. The second-order valence-corrected chi connectivity index (χ2v) is 4.36. The molecule has 0 amide bonds. The van der Waals surface area contributed by atoms with Crippen molar-refractivity contribution in [3.8, 4) is 0 Å². The highest BCUT2D eigenvalue weighted by molar-refractivity contribution is 5.34. The minimum Gasteiger partial charge on any atom is -0.102 e. The summed E-state index contributed by atoms with van der Waals surface area (Å²) in [5.41, 5.74) is 4.15. The van der Waals surface area contributed by atoms with Gasteiger partial charge >= 0.3 is 0 Å². The highest BCUT2D eigenvalue weighted by atomic mass is 14.1. The Kier molecular flexibility index (Phi) is 3.51. The molecule has 76 valence electrons. The second-order valence-electron chi connectivity index (χ2n) is 4.36. The van der Waals surface area contributed by atoms with E-state index >= 15 is 0 Å². The van der Waals surface area contributed by atoms with Gasteiger partial charge in [-0.1, -0.05) is 50.6 Å². The summed E-state index contributed by atoms with van der Waals surface area (Å²) >= 11 is 0. The maximum atomic E-state index is 3.84. The third kappa shape index (κ3) is 2.47. The first kappa shape index (κ1) is 11.0. The van der Waals surface area contributed by atoms with Crippen molar-refractivity contribution in [2.75, 3.05) is 0 Å². The van der Waals surface area contributed by atoms with Crippen LogP contribution < -0.4 is 0 Å². The molecule has 0 heteroatoms. The number of hydrogen-bond acceptors (Lipinski definition) is 0. The lowest BCUT2D eigenvalue weighted by atomic mass is 9.93. The van der Waals surface area contributed by atoms with Crippen molar-refractivity contribution in [3.05, 3.63) is 47.5 Å². The fraction of sp³-hybridized carbons (Fsp3) is 0.429. The first-order valence-corrected chi connectivity index (χ1v) is 5.28. The van der Waals surface area contributed by atoms with Gasteiger partial charge in [0.1, 0.15) is 0 Å². The van der Waals surface area contributed by atoms with Crippen LogP contribution in [-0.2, 0) is 0 Å². The Labute approximate surface area is 87.7 Å². The Bertz CT molecular complexity index is 321. The predicted molar refractivity (Wildman–Crippen MR) is 63.9 cm³/mol. The van der Waals surface area contributed by atoms with Crippen LogP contribution in [0.1, 0.15) is 49.3 Å². The van der Waals surface area contributed by atoms with E-state index in [1.165, 1.54) is 16.7 Å². The van der Waals surface area contributed by atoms with Crippen LogP contribution in [0.5, 0.6) is 0 Å². The summed E-state index contributed by atoms with van der Waals surface area (Å²) in [6.07, 6.45) is 2.00. The highest BCUT2D eigenvalue weighted by Gasteiger charge is 2.05. The fourth-order valence-electron chi connectivity index (χ4n) is 1.58. The van der Waals surface area contributed by atoms with Crippen LogP contribution in [0.2, 0.25) is 0 Å². The summed E-state index contributed by atoms with van der Waals surface area (Å²) in [5.74, 6) is 1.05. The van der Waals surface area contributed by atoms with Gasteiger partial charge in [0.15, 0.2) is 0 Å². The Hall–Kier alpha value is -1.04. The van der Waals surface area contributed by atoms with Gasteiger partial charge in [-0.05, 0) is 29.9 Å². The van der Waals surface area contributed by atoms with Gasteiger partial charge in [0.25, 0.3) is 0 Å². The third-order valence-electron chi connectivity index (χ3n) is 2.67. The molecular formula is C14H20. The topological polar surface area (TPSA) is 0 Å². The summed E-state index contributed by atoms with van der Waals surface area (Å²) in [7, 11) is 0. The van der Waals surface area contributed by atoms with E-state index in [1.54, 1.807) is 0 Å². The van der Waals surface area contributed by atoms with Crippen LogP contribution in [0.15, 0.2) is 30.9 Å². The largest absolute Gasteiger partial charge is 0.102 e. The Morgan fingerprint density at radius 1 is 1.07 bits per heavy atom. The quantitative estimate of drug-likeness (QED) is 0.616. The van der Waals surface area contributed by atoms with Crippen molar-refractivity contribution in [2.45, 2.75) is 39.5 Å². The molecule has 0 bridgehead atoms. The molecule has 0 aliphatic carbocycles. The van der Waals surface area contributed by atoms with E-state index < -0.39 is 0 Å². The van der Waals surface area contributed by atoms with E-state index in [4.69, 9.17) is 0 Å². The fourth-order valence-corrected chi connectivity index (χ4v) is 1.58. The van der Waals surface area contributed by atoms with Crippen molar-refractivity contribution in [1.29, 1.82) is 0 Å². The maximum Gasteiger partial charge on any atom is -0.00129 e. The summed E-state index contributed by atoms with van der Waals surface area (Å²) in [6.45, 7) is 12.7. The van der Waals surface area contributed by atoms with Gasteiger partial charge < -0.3 is 0 Å². The van der Waals surface area contributed by atoms with Crippen molar-refractivity contribution in [1.82, 2.24) is 0 Å². The maximum absolute atomic E-state index is 3.84. The van der Waals surface area contributed by atoms with Gasteiger partial charge in [-0.3, -0.25) is 0 Å². The van der Waals surface area contributed by atoms with Gasteiger partial charge in [-0.2, -0.15) is 0 Å². The van der Waals surface area contributed by atoms with Crippen molar-refractivity contribution in [3.63, 3.8) is 0 Å². The van der Waals surface area contributed by atoms with Gasteiger partial charge in [0.2, 0.25) is 0 Å². The number of rotatable bonds is 3. The second kappa shape index (κ2) is 4.45. The van der Waals surface area contributed by atoms with Crippen molar-refractivity contribution >= 4 is 0 Å². The zero-order chi connectivity index (χ0) is 10.7. The number of aryl methyl sites for hydroxylation is 1. The Morgan fingerprint density at radius 2 is 1.64 bits per heavy atom. The molecule has 0 aliphatic rings. The molecule has 0 spiro atoms. The highest BCUT2D eigenvalue weighted by Crippen LogP contribution is 2.23. The Balaban J connectivity index is 3.13. The van der Waals surface area contributed by atoms with Crippen molar-refractivity contribution < 1.29 is 0 Å². The van der Waals surface area contributed by atoms with E-state index in [-0.39, 0.29) is 0 Å². The zero-order valence-electron chi connectivity index (χ0n) is 9.67. The number of allylic oxidation sites excluding steroid dienone is 1. The molecule has 1 aromatic carbocycles. The number of benzene rings is 1. The van der Waals surface area contributed by atoms with Crippen LogP contribution >= 0.6 is 0 Å². The summed E-state index contributed by atoms with van der Waals surface area (Å²) in [6, 6.07) is 6.81. The molecule has 0 saturated carbocycles. The van der Waals surface area contributed by atoms with Gasteiger partial charge in [0, 0.05) is 0 Å². The van der Waals surface area contributed by atoms with Crippen LogP contribution in [0.4, 0.5) is 0 Å². The van der Waals surface area contributed by atoms with Crippen LogP contribution in [-0.4, -0.2) is 0 Å². The van der Waals surface area contributed by atoms with E-state index in [0.717, 1.165) is 0 Å². The molecular weight excluding hydrogens is 168 g/mol. The van der Waals surface area contributed by atoms with Crippen LogP contribution in [0, 0.1) is 6.92 Å². The molecule has 0 radical (unpaired) electrons. The van der Waals surface area contributed by atoms with E-state index in [1.807, 2.05) is 6.08 Å². The minimum atomic E-state index is 0.451. The third-order valence-corrected chi connectivity index (χ3v) is 2.67. The molecule has 1 atom stereocenters. The average Bonchev–Trinajstić information content (AvgIpc) is 2.15. The smallest absolute Gasteiger partial charge is 0.00129 e. The summed E-state index contributed by atoms with van der Waals surface area (Å²) in [4.78, 5) is 0. The molecule has 0 aliphatic heterocycles. The molecule has 0 aromatic heterocycles. The van der Waals surface area contributed by atoms with E-state index in [9.17, 15) is 0 Å². The molecule has 0 saturated heterocycles. The molecule has 0 heterocycles. The molecule has 1 aromatic rings. The lowest BCUT2D eigenvalue weighted by molar-refractivity contribution is 0.853. The minimum absolute atomic E-state index is 0.451. The lowest BCUT2D eigenvalue weighted by Crippen LogP contribution is -1.95. The van der Waals surface area contributed by atoms with E-state index in [0.29, 0.717) is 11.8 Å². The molecule has 0 fully saturated rings. The lowest BCUT2D eigenvalue weighted by Gasteiger charge is -2.13. The van der Waals surface area contributed by atoms with Crippen LogP contribution in [0.3, 0.4) is 0 Å². The van der Waals surface area contributed by atoms with Gasteiger partial charge in [-0.15, -0.1) is 6.58 Å². The standard InChI is InChI=1S/C14H20/c1-6-12(5)14-8-11(4)7-13(9-14)10(2)3/h6-10,12H,1H2,2-5H3. The first-order valence-electron chi connectivity index (χ1n) is 5.28. The Morgan fingerprint density at radius 3 is 2.14 bits per heavy atom. The van der Waals surface area contributed by atoms with Gasteiger partial charge in [-0.25, -0.2) is 0 Å². The molecule has 14 heavy (non-hydrogen) atoms. The van der Waals surface area contributed by atoms with Crippen molar-refractivity contribution in [2.24, 2.45) is 0 Å². The zero-order valence-corrected chi connectivity index (χ0v) is 9.67. The van der Waals surface area contributed by atoms with Gasteiger partial charge in [0.05, 0.1) is 0 Å². The summed E-state index contributed by atoms with van der Waals surface area (Å²) in [5, 5.41) is 0. The molecule has 1 rings (SSSR count). The number of hydrogen-bond donors (Lipinski definition) is 0. The van der Waals surface area contributed by atoms with E-state index in [2.05, 4.69) is 52.5 Å². The molecule has 0 nitrogen and oxygen atoms in total. The summed E-state index contributed by atoms with van der Waals surface area (Å²) < 4.78 is 0. The SMILES string of the molecule is C=CC(C)c1cc(C)cc(C(C)C)c1. The predicted octanol–water partition coefficient (Wildman–Crippen LogP) is 4.41. The monoisotopic (exact) mass is 188 g/mol. The molecule has 0 N–H and O–H groups in total. The average molecular weight is 188 g/mol. The first-order chi connectivity index (χ1) is 6.54. The molecule has 1 unspecified atom stereocenters. The van der Waals surface area contributed by atoms with Crippen LogP contribution in [0.25, 0.3) is 0 Å².